The lowest BCUT2D eigenvalue weighted by Gasteiger charge is -2.43. The van der Waals surface area contributed by atoms with Crippen LogP contribution in [0.2, 0.25) is 18.1 Å². The molecular formula is C16H32INSi. The molecule has 0 rings (SSSR count). The molecule has 0 aromatic heterocycles. The first-order chi connectivity index (χ1) is 8.57. The Bertz CT molecular complexity index is 237. The van der Waals surface area contributed by atoms with Crippen molar-refractivity contribution in [2.24, 2.45) is 0 Å². The van der Waals surface area contributed by atoms with Crippen molar-refractivity contribution in [3.8, 4) is 0 Å². The minimum Gasteiger partial charge on any atom is -1.00 e. The lowest BCUT2D eigenvalue weighted by Crippen LogP contribution is -3.00. The topological polar surface area (TPSA) is 0 Å². The fourth-order valence-electron chi connectivity index (χ4n) is 3.04. The van der Waals surface area contributed by atoms with Crippen LogP contribution in [0.5, 0.6) is 0 Å². The van der Waals surface area contributed by atoms with E-state index < -0.39 is 8.07 Å². The largest absolute Gasteiger partial charge is 1.00 e. The molecule has 0 fully saturated rings. The van der Waals surface area contributed by atoms with Gasteiger partial charge in [-0.2, -0.15) is 0 Å². The Morgan fingerprint density at radius 2 is 1.11 bits per heavy atom. The molecule has 3 heteroatoms. The number of hydrogen-bond donors (Lipinski definition) is 0. The Balaban J connectivity index is 0. The van der Waals surface area contributed by atoms with Crippen LogP contribution in [0.3, 0.4) is 0 Å². The predicted octanol–water partition coefficient (Wildman–Crippen LogP) is 1.41. The van der Waals surface area contributed by atoms with Gasteiger partial charge < -0.3 is 28.5 Å². The number of nitrogens with zero attached hydrogens (tertiary/aromatic N) is 1. The van der Waals surface area contributed by atoms with E-state index in [4.69, 9.17) is 0 Å². The SMILES string of the molecule is C=CC[N+](CC=C)(CC=C)C[Si](CC)(CC)CC.[I-]. The molecule has 19 heavy (non-hydrogen) atoms. The Hall–Kier alpha value is 0.127. The fourth-order valence-corrected chi connectivity index (χ4v) is 7.02. The van der Waals surface area contributed by atoms with Gasteiger partial charge in [0.15, 0.2) is 0 Å². The van der Waals surface area contributed by atoms with Crippen LogP contribution >= 0.6 is 0 Å². The van der Waals surface area contributed by atoms with E-state index >= 15 is 0 Å². The van der Waals surface area contributed by atoms with Crippen LogP contribution in [0.1, 0.15) is 20.8 Å². The van der Waals surface area contributed by atoms with Crippen molar-refractivity contribution in [2.45, 2.75) is 38.9 Å². The van der Waals surface area contributed by atoms with E-state index in [9.17, 15) is 0 Å². The second-order valence-electron chi connectivity index (χ2n) is 5.47. The minimum absolute atomic E-state index is 0. The summed E-state index contributed by atoms with van der Waals surface area (Å²) in [7, 11) is -1.14. The Labute approximate surface area is 139 Å². The van der Waals surface area contributed by atoms with E-state index in [-0.39, 0.29) is 24.0 Å². The number of quaternary nitrogens is 1. The van der Waals surface area contributed by atoms with Gasteiger partial charge in [-0.1, -0.05) is 58.6 Å². The molecule has 112 valence electrons. The van der Waals surface area contributed by atoms with Crippen LogP contribution < -0.4 is 24.0 Å². The molecule has 0 radical (unpaired) electrons. The zero-order valence-corrected chi connectivity index (χ0v) is 16.3. The highest BCUT2D eigenvalue weighted by molar-refractivity contribution is 6.79. The highest BCUT2D eigenvalue weighted by Gasteiger charge is 2.37. The van der Waals surface area contributed by atoms with Crippen molar-refractivity contribution < 1.29 is 28.5 Å². The highest BCUT2D eigenvalue weighted by Crippen LogP contribution is 2.25. The lowest BCUT2D eigenvalue weighted by molar-refractivity contribution is -0.902. The molecule has 0 aromatic carbocycles. The average molecular weight is 393 g/mol. The van der Waals surface area contributed by atoms with Crippen LogP contribution in [0.4, 0.5) is 0 Å². The molecule has 0 aliphatic heterocycles. The van der Waals surface area contributed by atoms with Crippen molar-refractivity contribution in [3.05, 3.63) is 38.0 Å². The Kier molecular flexibility index (Phi) is 12.2. The first kappa shape index (κ1) is 21.4. The van der Waals surface area contributed by atoms with Gasteiger partial charge in [0.05, 0.1) is 25.8 Å². The summed E-state index contributed by atoms with van der Waals surface area (Å²) in [6.45, 7) is 22.1. The number of rotatable bonds is 11. The van der Waals surface area contributed by atoms with Crippen LogP contribution in [-0.2, 0) is 0 Å². The third-order valence-electron chi connectivity index (χ3n) is 4.47. The van der Waals surface area contributed by atoms with E-state index in [2.05, 4.69) is 58.7 Å². The van der Waals surface area contributed by atoms with E-state index in [1.165, 1.54) is 24.3 Å². The first-order valence-electron chi connectivity index (χ1n) is 7.25. The summed E-state index contributed by atoms with van der Waals surface area (Å²) in [6.07, 6.45) is 7.52. The quantitative estimate of drug-likeness (QED) is 0.216. The van der Waals surface area contributed by atoms with Crippen LogP contribution in [0, 0.1) is 0 Å². The molecule has 0 spiro atoms. The van der Waals surface area contributed by atoms with Crippen molar-refractivity contribution in [1.82, 2.24) is 0 Å². The van der Waals surface area contributed by atoms with Gasteiger partial charge in [0.2, 0.25) is 0 Å². The molecule has 0 atom stereocenters. The molecule has 0 heterocycles. The average Bonchev–Trinajstić information content (AvgIpc) is 2.37. The molecule has 0 unspecified atom stereocenters. The van der Waals surface area contributed by atoms with Gasteiger partial charge in [-0.25, -0.2) is 0 Å². The van der Waals surface area contributed by atoms with Gasteiger partial charge in [0, 0.05) is 0 Å². The van der Waals surface area contributed by atoms with Crippen LogP contribution in [0.15, 0.2) is 38.0 Å². The standard InChI is InChI=1S/C16H32NSi.HI/c1-7-13-17(14-8-2,15-9-3)16-18(10-4,11-5)12-6;/h7-9H,1-3,10-16H2,4-6H3;1H/q+1;/p-1. The number of halogens is 1. The molecule has 0 aliphatic rings. The van der Waals surface area contributed by atoms with Crippen molar-refractivity contribution >= 4 is 8.07 Å². The fraction of sp³-hybridized carbons (Fsp3) is 0.625. The summed E-state index contributed by atoms with van der Waals surface area (Å²) in [4.78, 5) is 0. The summed E-state index contributed by atoms with van der Waals surface area (Å²) >= 11 is 0. The normalized spacial score (nSPS) is 11.5. The summed E-state index contributed by atoms with van der Waals surface area (Å²) in [5, 5.41) is 0. The van der Waals surface area contributed by atoms with Crippen molar-refractivity contribution in [2.75, 3.05) is 25.8 Å². The lowest BCUT2D eigenvalue weighted by atomic mass is 10.3. The van der Waals surface area contributed by atoms with Gasteiger partial charge in [-0.3, -0.25) is 0 Å². The third kappa shape index (κ3) is 6.41. The zero-order chi connectivity index (χ0) is 14.1. The van der Waals surface area contributed by atoms with Crippen molar-refractivity contribution in [1.29, 1.82) is 0 Å². The molecule has 0 bridgehead atoms. The van der Waals surface area contributed by atoms with Gasteiger partial charge in [-0.15, -0.1) is 0 Å². The second kappa shape index (κ2) is 10.9. The smallest absolute Gasteiger partial charge is 0.119 e. The van der Waals surface area contributed by atoms with E-state index in [0.717, 1.165) is 24.1 Å². The highest BCUT2D eigenvalue weighted by atomic mass is 127. The van der Waals surface area contributed by atoms with E-state index in [1.807, 2.05) is 0 Å². The third-order valence-corrected chi connectivity index (χ3v) is 10.3. The van der Waals surface area contributed by atoms with Gasteiger partial charge in [-0.05, 0) is 18.2 Å². The Morgan fingerprint density at radius 1 is 0.789 bits per heavy atom. The summed E-state index contributed by atoms with van der Waals surface area (Å²) < 4.78 is 1.08. The minimum atomic E-state index is -1.14. The summed E-state index contributed by atoms with van der Waals surface area (Å²) in [5.41, 5.74) is 0. The molecular weight excluding hydrogens is 361 g/mol. The van der Waals surface area contributed by atoms with E-state index in [0.29, 0.717) is 0 Å². The van der Waals surface area contributed by atoms with Crippen molar-refractivity contribution in [3.63, 3.8) is 0 Å². The van der Waals surface area contributed by atoms with Crippen LogP contribution in [0.25, 0.3) is 0 Å². The maximum absolute atomic E-state index is 3.95. The molecule has 0 aromatic rings. The molecule has 0 N–H and O–H groups in total. The maximum Gasteiger partial charge on any atom is 0.119 e. The Morgan fingerprint density at radius 3 is 1.32 bits per heavy atom. The molecule has 0 amide bonds. The molecule has 0 saturated heterocycles. The molecule has 0 saturated carbocycles. The predicted molar refractivity (Wildman–Crippen MR) is 87.5 cm³/mol. The van der Waals surface area contributed by atoms with Gasteiger partial charge >= 0.3 is 0 Å². The summed E-state index contributed by atoms with van der Waals surface area (Å²) in [5.74, 6) is 0. The zero-order valence-electron chi connectivity index (χ0n) is 13.1. The van der Waals surface area contributed by atoms with E-state index in [1.54, 1.807) is 0 Å². The maximum atomic E-state index is 3.95. The van der Waals surface area contributed by atoms with Crippen LogP contribution in [-0.4, -0.2) is 38.4 Å². The molecule has 1 nitrogen and oxygen atoms in total. The first-order valence-corrected chi connectivity index (χ1v) is 10.1. The number of hydrogen-bond acceptors (Lipinski definition) is 0. The summed E-state index contributed by atoms with van der Waals surface area (Å²) in [6, 6.07) is 4.14. The monoisotopic (exact) mass is 393 g/mol. The van der Waals surface area contributed by atoms with Gasteiger partial charge in [0.25, 0.3) is 0 Å². The van der Waals surface area contributed by atoms with Gasteiger partial charge in [0.1, 0.15) is 8.07 Å². The second-order valence-corrected chi connectivity index (χ2v) is 10.9. The molecule has 0 aliphatic carbocycles.